The molecule has 3 rings (SSSR count). The van der Waals surface area contributed by atoms with Gasteiger partial charge in [-0.1, -0.05) is 30.3 Å². The van der Waals surface area contributed by atoms with Gasteiger partial charge in [0.05, 0.1) is 17.0 Å². The van der Waals surface area contributed by atoms with Crippen LogP contribution in [0.2, 0.25) is 0 Å². The Kier molecular flexibility index (Phi) is 4.72. The van der Waals surface area contributed by atoms with Crippen LogP contribution in [0, 0.1) is 12.8 Å². The van der Waals surface area contributed by atoms with Crippen LogP contribution in [0.25, 0.3) is 11.3 Å². The van der Waals surface area contributed by atoms with Gasteiger partial charge in [0.25, 0.3) is 5.91 Å². The number of hydrogen-bond donors (Lipinski definition) is 1. The molecular weight excluding hydrogens is 286 g/mol. The highest BCUT2D eigenvalue weighted by atomic mass is 16.2. The van der Waals surface area contributed by atoms with Crippen LogP contribution in [-0.2, 0) is 0 Å². The van der Waals surface area contributed by atoms with E-state index in [0.29, 0.717) is 5.92 Å². The summed E-state index contributed by atoms with van der Waals surface area (Å²) in [5.41, 5.74) is 3.50. The number of nitrogens with one attached hydrogen (secondary N) is 1. The fraction of sp³-hybridized carbons (Fsp3) is 0.368. The molecule has 0 saturated carbocycles. The van der Waals surface area contributed by atoms with Gasteiger partial charge in [-0.3, -0.25) is 9.78 Å². The molecule has 1 saturated heterocycles. The molecule has 2 heterocycles. The summed E-state index contributed by atoms with van der Waals surface area (Å²) in [6.07, 6.45) is 1.07. The van der Waals surface area contributed by atoms with E-state index in [1.54, 1.807) is 0 Å². The Balaban J connectivity index is 1.77. The average molecular weight is 309 g/mol. The fourth-order valence-electron chi connectivity index (χ4n) is 3.20. The molecule has 4 heteroatoms. The van der Waals surface area contributed by atoms with Crippen molar-refractivity contribution in [3.05, 3.63) is 53.7 Å². The number of hydrogen-bond acceptors (Lipinski definition) is 3. The van der Waals surface area contributed by atoms with Gasteiger partial charge < -0.3 is 10.2 Å². The average Bonchev–Trinajstić information content (AvgIpc) is 3.04. The van der Waals surface area contributed by atoms with Crippen LogP contribution in [-0.4, -0.2) is 42.5 Å². The zero-order chi connectivity index (χ0) is 16.2. The number of carbonyl (C=O) groups is 1. The molecule has 1 aromatic carbocycles. The van der Waals surface area contributed by atoms with Crippen molar-refractivity contribution in [1.29, 1.82) is 0 Å². The van der Waals surface area contributed by atoms with Gasteiger partial charge in [0, 0.05) is 18.7 Å². The molecule has 1 N–H and O–H groups in total. The van der Waals surface area contributed by atoms with Crippen LogP contribution in [0.15, 0.2) is 42.5 Å². The number of amides is 1. The highest BCUT2D eigenvalue weighted by Gasteiger charge is 2.27. The smallest absolute Gasteiger partial charge is 0.255 e. The number of rotatable bonds is 4. The van der Waals surface area contributed by atoms with Gasteiger partial charge in [-0.2, -0.15) is 0 Å². The first kappa shape index (κ1) is 15.7. The monoisotopic (exact) mass is 309 g/mol. The third-order valence-electron chi connectivity index (χ3n) is 4.45. The van der Waals surface area contributed by atoms with E-state index in [4.69, 9.17) is 0 Å². The molecule has 1 amide bonds. The third kappa shape index (κ3) is 3.42. The maximum atomic E-state index is 12.7. The maximum Gasteiger partial charge on any atom is 0.255 e. The Morgan fingerprint density at radius 1 is 1.26 bits per heavy atom. The molecule has 0 bridgehead atoms. The van der Waals surface area contributed by atoms with Crippen molar-refractivity contribution in [3.8, 4) is 11.3 Å². The van der Waals surface area contributed by atoms with E-state index in [2.05, 4.69) is 10.3 Å². The van der Waals surface area contributed by atoms with Crippen LogP contribution in [0.4, 0.5) is 0 Å². The van der Waals surface area contributed by atoms with Gasteiger partial charge in [0.15, 0.2) is 0 Å². The predicted molar refractivity (Wildman–Crippen MR) is 92.3 cm³/mol. The van der Waals surface area contributed by atoms with Crippen molar-refractivity contribution in [2.24, 2.45) is 5.92 Å². The van der Waals surface area contributed by atoms with Gasteiger partial charge in [-0.25, -0.2) is 0 Å². The number of nitrogens with zero attached hydrogens (tertiary/aromatic N) is 2. The highest BCUT2D eigenvalue weighted by molar-refractivity contribution is 5.95. The first-order chi connectivity index (χ1) is 11.2. The minimum Gasteiger partial charge on any atom is -0.338 e. The molecule has 1 aliphatic heterocycles. The standard InChI is InChI=1S/C19H23N3O/c1-14-17(19(23)22-11-10-15(13-22)12-20-2)8-9-18(21-14)16-6-4-3-5-7-16/h3-9,15,20H,10-13H2,1-2H3. The second-order valence-corrected chi connectivity index (χ2v) is 6.16. The van der Waals surface area contributed by atoms with Gasteiger partial charge in [-0.15, -0.1) is 0 Å². The molecule has 1 fully saturated rings. The lowest BCUT2D eigenvalue weighted by molar-refractivity contribution is 0.0786. The lowest BCUT2D eigenvalue weighted by Gasteiger charge is -2.18. The van der Waals surface area contributed by atoms with Crippen molar-refractivity contribution in [1.82, 2.24) is 15.2 Å². The molecule has 1 aliphatic rings. The lowest BCUT2D eigenvalue weighted by Crippen LogP contribution is -2.31. The van der Waals surface area contributed by atoms with Gasteiger partial charge >= 0.3 is 0 Å². The molecular formula is C19H23N3O. The van der Waals surface area contributed by atoms with Crippen LogP contribution < -0.4 is 5.32 Å². The van der Waals surface area contributed by atoms with Crippen LogP contribution in [0.5, 0.6) is 0 Å². The van der Waals surface area contributed by atoms with Crippen molar-refractivity contribution in [2.45, 2.75) is 13.3 Å². The number of carbonyl (C=O) groups excluding carboxylic acids is 1. The molecule has 0 spiro atoms. The minimum absolute atomic E-state index is 0.105. The summed E-state index contributed by atoms with van der Waals surface area (Å²) in [4.78, 5) is 19.3. The van der Waals surface area contributed by atoms with Crippen molar-refractivity contribution in [2.75, 3.05) is 26.7 Å². The topological polar surface area (TPSA) is 45.2 Å². The maximum absolute atomic E-state index is 12.7. The molecule has 4 nitrogen and oxygen atoms in total. The number of pyridine rings is 1. The van der Waals surface area contributed by atoms with Gasteiger partial charge in [0.1, 0.15) is 0 Å². The molecule has 120 valence electrons. The van der Waals surface area contributed by atoms with E-state index >= 15 is 0 Å². The molecule has 0 radical (unpaired) electrons. The largest absolute Gasteiger partial charge is 0.338 e. The highest BCUT2D eigenvalue weighted by Crippen LogP contribution is 2.22. The summed E-state index contributed by atoms with van der Waals surface area (Å²) >= 11 is 0. The van der Waals surface area contributed by atoms with Gasteiger partial charge in [0.2, 0.25) is 0 Å². The summed E-state index contributed by atoms with van der Waals surface area (Å²) in [6.45, 7) is 4.55. The third-order valence-corrected chi connectivity index (χ3v) is 4.45. The van der Waals surface area contributed by atoms with E-state index in [0.717, 1.165) is 48.6 Å². The minimum atomic E-state index is 0.105. The van der Waals surface area contributed by atoms with Crippen molar-refractivity contribution < 1.29 is 4.79 Å². The molecule has 23 heavy (non-hydrogen) atoms. The number of aromatic nitrogens is 1. The Morgan fingerprint density at radius 2 is 2.04 bits per heavy atom. The summed E-state index contributed by atoms with van der Waals surface area (Å²) < 4.78 is 0. The second kappa shape index (κ2) is 6.92. The second-order valence-electron chi connectivity index (χ2n) is 6.16. The van der Waals surface area contributed by atoms with E-state index in [1.807, 2.05) is 61.3 Å². The first-order valence-electron chi connectivity index (χ1n) is 8.16. The van der Waals surface area contributed by atoms with E-state index in [1.165, 1.54) is 0 Å². The first-order valence-corrected chi connectivity index (χ1v) is 8.16. The summed E-state index contributed by atoms with van der Waals surface area (Å²) in [6, 6.07) is 13.9. The van der Waals surface area contributed by atoms with Gasteiger partial charge in [-0.05, 0) is 45.0 Å². The Hall–Kier alpha value is -2.20. The Morgan fingerprint density at radius 3 is 2.74 bits per heavy atom. The van der Waals surface area contributed by atoms with Crippen LogP contribution in [0.1, 0.15) is 22.5 Å². The number of aryl methyl sites for hydroxylation is 1. The summed E-state index contributed by atoms with van der Waals surface area (Å²) in [5, 5.41) is 3.20. The number of likely N-dealkylation sites (tertiary alicyclic amines) is 1. The zero-order valence-electron chi connectivity index (χ0n) is 13.7. The van der Waals surface area contributed by atoms with Crippen molar-refractivity contribution >= 4 is 5.91 Å². The molecule has 1 aromatic heterocycles. The van der Waals surface area contributed by atoms with Crippen molar-refractivity contribution in [3.63, 3.8) is 0 Å². The quantitative estimate of drug-likeness (QED) is 0.944. The Labute approximate surface area is 137 Å². The molecule has 1 unspecified atom stereocenters. The molecule has 1 atom stereocenters. The zero-order valence-corrected chi connectivity index (χ0v) is 13.7. The SMILES string of the molecule is CNCC1CCN(C(=O)c2ccc(-c3ccccc3)nc2C)C1. The summed E-state index contributed by atoms with van der Waals surface area (Å²) in [7, 11) is 1.96. The van der Waals surface area contributed by atoms with Crippen LogP contribution in [0.3, 0.4) is 0 Å². The normalized spacial score (nSPS) is 17.5. The number of benzene rings is 1. The summed E-state index contributed by atoms with van der Waals surface area (Å²) in [5.74, 6) is 0.661. The van der Waals surface area contributed by atoms with E-state index in [9.17, 15) is 4.79 Å². The van der Waals surface area contributed by atoms with E-state index < -0.39 is 0 Å². The van der Waals surface area contributed by atoms with Crippen LogP contribution >= 0.6 is 0 Å². The fourth-order valence-corrected chi connectivity index (χ4v) is 3.20. The lowest BCUT2D eigenvalue weighted by atomic mass is 10.1. The molecule has 2 aromatic rings. The van der Waals surface area contributed by atoms with E-state index in [-0.39, 0.29) is 5.91 Å². The molecule has 0 aliphatic carbocycles. The predicted octanol–water partition coefficient (Wildman–Crippen LogP) is 2.74. The Bertz CT molecular complexity index is 684.